The zero-order valence-electron chi connectivity index (χ0n) is 7.06. The molecule has 0 aliphatic carbocycles. The summed E-state index contributed by atoms with van der Waals surface area (Å²) in [6.45, 7) is 1.46. The lowest BCUT2D eigenvalue weighted by Crippen LogP contribution is -2.11. The van der Waals surface area contributed by atoms with Crippen LogP contribution in [-0.2, 0) is 13.1 Å². The van der Waals surface area contributed by atoms with E-state index in [0.717, 1.165) is 24.4 Å². The normalized spacial score (nSPS) is 10.5. The molecule has 0 fully saturated rings. The van der Waals surface area contributed by atoms with Crippen molar-refractivity contribution in [3.8, 4) is 0 Å². The molecule has 2 aromatic rings. The molecule has 0 saturated heterocycles. The van der Waals surface area contributed by atoms with E-state index in [0.29, 0.717) is 0 Å². The summed E-state index contributed by atoms with van der Waals surface area (Å²) < 4.78 is 9.84. The minimum Gasteiger partial charge on any atom is -0.468 e. The molecule has 13 heavy (non-hydrogen) atoms. The van der Waals surface area contributed by atoms with Gasteiger partial charge in [0.05, 0.1) is 19.0 Å². The van der Waals surface area contributed by atoms with Gasteiger partial charge in [0.1, 0.15) is 12.0 Å². The zero-order chi connectivity index (χ0) is 8.93. The highest BCUT2D eigenvalue weighted by molar-refractivity contribution is 5.01. The zero-order valence-corrected chi connectivity index (χ0v) is 7.06. The van der Waals surface area contributed by atoms with Gasteiger partial charge >= 0.3 is 0 Å². The summed E-state index contributed by atoms with van der Waals surface area (Å²) in [5.41, 5.74) is 1.03. The largest absolute Gasteiger partial charge is 0.468 e. The average Bonchev–Trinajstić information content (AvgIpc) is 2.75. The molecule has 1 N–H and O–H groups in total. The van der Waals surface area contributed by atoms with Crippen LogP contribution in [0.25, 0.3) is 0 Å². The SMILES string of the molecule is c1coc(CNCc2cnoc2)c1. The highest BCUT2D eigenvalue weighted by Crippen LogP contribution is 2.00. The minimum atomic E-state index is 0.720. The Labute approximate surface area is 75.5 Å². The molecule has 0 atom stereocenters. The van der Waals surface area contributed by atoms with Gasteiger partial charge in [-0.05, 0) is 12.1 Å². The fraction of sp³-hybridized carbons (Fsp3) is 0.222. The Bertz CT molecular complexity index is 292. The van der Waals surface area contributed by atoms with Crippen molar-refractivity contribution in [3.05, 3.63) is 42.2 Å². The van der Waals surface area contributed by atoms with E-state index in [1.54, 1.807) is 18.7 Å². The van der Waals surface area contributed by atoms with Crippen molar-refractivity contribution in [3.63, 3.8) is 0 Å². The van der Waals surface area contributed by atoms with Crippen molar-refractivity contribution in [1.29, 1.82) is 0 Å². The van der Waals surface area contributed by atoms with E-state index in [4.69, 9.17) is 4.42 Å². The first-order valence-corrected chi connectivity index (χ1v) is 4.06. The monoisotopic (exact) mass is 178 g/mol. The van der Waals surface area contributed by atoms with Crippen LogP contribution in [0, 0.1) is 0 Å². The maximum atomic E-state index is 5.15. The highest BCUT2D eigenvalue weighted by Gasteiger charge is 1.96. The van der Waals surface area contributed by atoms with Gasteiger partial charge < -0.3 is 14.3 Å². The Kier molecular flexibility index (Phi) is 2.43. The van der Waals surface area contributed by atoms with E-state index < -0.39 is 0 Å². The summed E-state index contributed by atoms with van der Waals surface area (Å²) in [4.78, 5) is 0. The maximum absolute atomic E-state index is 5.15. The van der Waals surface area contributed by atoms with E-state index in [-0.39, 0.29) is 0 Å². The molecule has 4 nitrogen and oxygen atoms in total. The van der Waals surface area contributed by atoms with Crippen LogP contribution in [-0.4, -0.2) is 5.16 Å². The smallest absolute Gasteiger partial charge is 0.128 e. The second-order valence-corrected chi connectivity index (χ2v) is 2.72. The minimum absolute atomic E-state index is 0.720. The van der Waals surface area contributed by atoms with Gasteiger partial charge in [0.15, 0.2) is 0 Å². The predicted octanol–water partition coefficient (Wildman–Crippen LogP) is 1.56. The second-order valence-electron chi connectivity index (χ2n) is 2.72. The molecule has 0 saturated carbocycles. The lowest BCUT2D eigenvalue weighted by atomic mass is 10.3. The van der Waals surface area contributed by atoms with Crippen LogP contribution in [0.3, 0.4) is 0 Å². The molecule has 0 amide bonds. The van der Waals surface area contributed by atoms with Crippen LogP contribution < -0.4 is 5.32 Å². The van der Waals surface area contributed by atoms with Gasteiger partial charge in [-0.15, -0.1) is 0 Å². The van der Waals surface area contributed by atoms with Crippen LogP contribution in [0.1, 0.15) is 11.3 Å². The average molecular weight is 178 g/mol. The van der Waals surface area contributed by atoms with Gasteiger partial charge in [0.25, 0.3) is 0 Å². The molecule has 0 spiro atoms. The standard InChI is InChI=1S/C9H10N2O2/c1-2-9(12-3-1)6-10-4-8-5-11-13-7-8/h1-3,5,7,10H,4,6H2. The predicted molar refractivity (Wildman–Crippen MR) is 45.8 cm³/mol. The number of nitrogens with zero attached hydrogens (tertiary/aromatic N) is 1. The first kappa shape index (κ1) is 8.07. The van der Waals surface area contributed by atoms with Crippen molar-refractivity contribution < 1.29 is 8.94 Å². The van der Waals surface area contributed by atoms with E-state index in [1.807, 2.05) is 12.1 Å². The molecule has 0 bridgehead atoms. The Morgan fingerprint density at radius 1 is 1.38 bits per heavy atom. The van der Waals surface area contributed by atoms with Crippen LogP contribution in [0.2, 0.25) is 0 Å². The van der Waals surface area contributed by atoms with Gasteiger partial charge in [-0.25, -0.2) is 0 Å². The number of furan rings is 1. The summed E-state index contributed by atoms with van der Waals surface area (Å²) in [6, 6.07) is 3.80. The Balaban J connectivity index is 1.76. The van der Waals surface area contributed by atoms with Crippen molar-refractivity contribution >= 4 is 0 Å². The van der Waals surface area contributed by atoms with E-state index in [2.05, 4.69) is 15.0 Å². The molecule has 0 radical (unpaired) electrons. The third kappa shape index (κ3) is 2.19. The molecule has 0 aromatic carbocycles. The third-order valence-electron chi connectivity index (χ3n) is 1.69. The summed E-state index contributed by atoms with van der Waals surface area (Å²) >= 11 is 0. The number of nitrogens with one attached hydrogen (secondary N) is 1. The van der Waals surface area contributed by atoms with Crippen LogP contribution >= 0.6 is 0 Å². The fourth-order valence-corrected chi connectivity index (χ4v) is 1.06. The summed E-state index contributed by atoms with van der Waals surface area (Å²) in [5.74, 6) is 0.927. The molecule has 0 aliphatic heterocycles. The number of hydrogen-bond acceptors (Lipinski definition) is 4. The molecule has 2 heterocycles. The second kappa shape index (κ2) is 3.91. The number of rotatable bonds is 4. The molecule has 0 aliphatic rings. The Morgan fingerprint density at radius 2 is 2.38 bits per heavy atom. The molecule has 2 aromatic heterocycles. The lowest BCUT2D eigenvalue weighted by Gasteiger charge is -1.98. The Hall–Kier alpha value is -1.55. The lowest BCUT2D eigenvalue weighted by molar-refractivity contribution is 0.418. The van der Waals surface area contributed by atoms with Crippen molar-refractivity contribution in [2.45, 2.75) is 13.1 Å². The summed E-state index contributed by atoms with van der Waals surface area (Å²) in [6.07, 6.45) is 4.97. The quantitative estimate of drug-likeness (QED) is 0.771. The number of aromatic nitrogens is 1. The van der Waals surface area contributed by atoms with Crippen LogP contribution in [0.4, 0.5) is 0 Å². The van der Waals surface area contributed by atoms with E-state index in [9.17, 15) is 0 Å². The maximum Gasteiger partial charge on any atom is 0.128 e. The van der Waals surface area contributed by atoms with Crippen LogP contribution in [0.15, 0.2) is 39.8 Å². The molecule has 2 rings (SSSR count). The summed E-state index contributed by atoms with van der Waals surface area (Å²) in [5, 5.41) is 6.80. The molecule has 0 unspecified atom stereocenters. The van der Waals surface area contributed by atoms with E-state index in [1.165, 1.54) is 0 Å². The number of hydrogen-bond donors (Lipinski definition) is 1. The molecule has 68 valence electrons. The molecular formula is C9H10N2O2. The van der Waals surface area contributed by atoms with Crippen molar-refractivity contribution in [2.75, 3.05) is 0 Å². The van der Waals surface area contributed by atoms with Gasteiger partial charge in [0.2, 0.25) is 0 Å². The highest BCUT2D eigenvalue weighted by atomic mass is 16.5. The topological polar surface area (TPSA) is 51.2 Å². The first-order valence-electron chi connectivity index (χ1n) is 4.06. The molecule has 4 heteroatoms. The van der Waals surface area contributed by atoms with Crippen molar-refractivity contribution in [1.82, 2.24) is 10.5 Å². The summed E-state index contributed by atoms with van der Waals surface area (Å²) in [7, 11) is 0. The van der Waals surface area contributed by atoms with Crippen LogP contribution in [0.5, 0.6) is 0 Å². The van der Waals surface area contributed by atoms with Crippen molar-refractivity contribution in [2.24, 2.45) is 0 Å². The van der Waals surface area contributed by atoms with Gasteiger partial charge in [-0.2, -0.15) is 0 Å². The third-order valence-corrected chi connectivity index (χ3v) is 1.69. The fourth-order valence-electron chi connectivity index (χ4n) is 1.06. The van der Waals surface area contributed by atoms with Gasteiger partial charge in [0, 0.05) is 12.1 Å². The van der Waals surface area contributed by atoms with Gasteiger partial charge in [-0.3, -0.25) is 0 Å². The molecular weight excluding hydrogens is 168 g/mol. The van der Waals surface area contributed by atoms with Gasteiger partial charge in [-0.1, -0.05) is 5.16 Å². The van der Waals surface area contributed by atoms with E-state index >= 15 is 0 Å². The first-order chi connectivity index (χ1) is 6.45. The Morgan fingerprint density at radius 3 is 3.08 bits per heavy atom.